The highest BCUT2D eigenvalue weighted by molar-refractivity contribution is 7.99. The van der Waals surface area contributed by atoms with Crippen molar-refractivity contribution in [2.75, 3.05) is 24.7 Å². The van der Waals surface area contributed by atoms with Gasteiger partial charge >= 0.3 is 0 Å². The number of thioether (sulfide) groups is 1. The van der Waals surface area contributed by atoms with E-state index < -0.39 is 0 Å². The first kappa shape index (κ1) is 20.0. The van der Waals surface area contributed by atoms with Crippen LogP contribution in [0.15, 0.2) is 53.7 Å². The molecule has 7 nitrogen and oxygen atoms in total. The van der Waals surface area contributed by atoms with Gasteiger partial charge in [-0.3, -0.25) is 4.79 Å². The van der Waals surface area contributed by atoms with Crippen molar-refractivity contribution in [2.45, 2.75) is 12.1 Å². The molecule has 0 fully saturated rings. The van der Waals surface area contributed by atoms with Crippen molar-refractivity contribution < 1.29 is 9.53 Å². The van der Waals surface area contributed by atoms with Crippen LogP contribution in [0.3, 0.4) is 0 Å². The van der Waals surface area contributed by atoms with Gasteiger partial charge in [-0.1, -0.05) is 47.6 Å². The average Bonchev–Trinajstić information content (AvgIpc) is 3.04. The van der Waals surface area contributed by atoms with Crippen LogP contribution in [-0.4, -0.2) is 39.7 Å². The molecule has 0 aliphatic heterocycles. The number of halogens is 1. The lowest BCUT2D eigenvalue weighted by atomic mass is 10.2. The molecule has 9 heteroatoms. The summed E-state index contributed by atoms with van der Waals surface area (Å²) in [7, 11) is 0. The molecule has 1 aromatic heterocycles. The minimum absolute atomic E-state index is 0.134. The predicted molar refractivity (Wildman–Crippen MR) is 111 cm³/mol. The molecule has 0 radical (unpaired) electrons. The Morgan fingerprint density at radius 1 is 1.25 bits per heavy atom. The molecule has 146 valence electrons. The average molecular weight is 418 g/mol. The zero-order valence-corrected chi connectivity index (χ0v) is 16.8. The molecule has 2 aromatic carbocycles. The third-order valence-corrected chi connectivity index (χ3v) is 4.94. The number of hydrogen-bond acceptors (Lipinski definition) is 6. The first-order valence-corrected chi connectivity index (χ1v) is 9.94. The fourth-order valence-corrected chi connectivity index (χ4v) is 3.32. The molecule has 0 aliphatic rings. The smallest absolute Gasteiger partial charge is 0.230 e. The van der Waals surface area contributed by atoms with E-state index in [1.54, 1.807) is 12.1 Å². The van der Waals surface area contributed by atoms with Crippen LogP contribution in [-0.2, 0) is 4.79 Å². The lowest BCUT2D eigenvalue weighted by molar-refractivity contribution is -0.118. The number of amides is 1. The van der Waals surface area contributed by atoms with Crippen molar-refractivity contribution in [1.29, 1.82) is 0 Å². The molecule has 3 N–H and O–H groups in total. The van der Waals surface area contributed by atoms with E-state index in [9.17, 15) is 4.79 Å². The van der Waals surface area contributed by atoms with E-state index in [2.05, 4.69) is 15.5 Å². The Balaban J connectivity index is 1.45. The van der Waals surface area contributed by atoms with Crippen LogP contribution in [0, 0.1) is 6.92 Å². The van der Waals surface area contributed by atoms with Crippen LogP contribution in [0.4, 0.5) is 0 Å². The van der Waals surface area contributed by atoms with Crippen LogP contribution in [0.25, 0.3) is 11.4 Å². The van der Waals surface area contributed by atoms with E-state index in [1.165, 1.54) is 16.4 Å². The van der Waals surface area contributed by atoms with Crippen molar-refractivity contribution in [3.05, 3.63) is 59.1 Å². The van der Waals surface area contributed by atoms with Crippen LogP contribution in [0.1, 0.15) is 5.56 Å². The maximum absolute atomic E-state index is 12.0. The SMILES string of the molecule is Cc1cccc(OCCNC(=O)CSc2nnc(-c3cccc(Cl)c3)n2N)c1. The fourth-order valence-electron chi connectivity index (χ4n) is 2.45. The number of nitrogens with zero attached hydrogens (tertiary/aromatic N) is 3. The van der Waals surface area contributed by atoms with Gasteiger partial charge in [-0.2, -0.15) is 0 Å². The van der Waals surface area contributed by atoms with Crippen LogP contribution in [0.2, 0.25) is 5.02 Å². The minimum Gasteiger partial charge on any atom is -0.492 e. The number of carbonyl (C=O) groups excluding carboxylic acids is 1. The Hall–Kier alpha value is -2.71. The van der Waals surface area contributed by atoms with Gasteiger partial charge in [0.05, 0.1) is 12.3 Å². The molecular weight excluding hydrogens is 398 g/mol. The Kier molecular flexibility index (Phi) is 6.78. The van der Waals surface area contributed by atoms with Crippen molar-refractivity contribution in [1.82, 2.24) is 20.2 Å². The summed E-state index contributed by atoms with van der Waals surface area (Å²) in [5, 5.41) is 12.0. The largest absolute Gasteiger partial charge is 0.492 e. The third-order valence-electron chi connectivity index (χ3n) is 3.76. The molecule has 1 amide bonds. The fraction of sp³-hybridized carbons (Fsp3) is 0.211. The molecule has 0 saturated heterocycles. The van der Waals surface area contributed by atoms with Crippen LogP contribution < -0.4 is 15.9 Å². The Morgan fingerprint density at radius 3 is 2.86 bits per heavy atom. The number of carbonyl (C=O) groups is 1. The number of hydrogen-bond donors (Lipinski definition) is 2. The van der Waals surface area contributed by atoms with Crippen LogP contribution >= 0.6 is 23.4 Å². The van der Waals surface area contributed by atoms with E-state index >= 15 is 0 Å². The van der Waals surface area contributed by atoms with Gasteiger partial charge in [0.2, 0.25) is 11.1 Å². The predicted octanol–water partition coefficient (Wildman–Crippen LogP) is 2.91. The summed E-state index contributed by atoms with van der Waals surface area (Å²) < 4.78 is 6.95. The topological polar surface area (TPSA) is 95.1 Å². The molecule has 3 rings (SSSR count). The molecule has 0 atom stereocenters. The highest BCUT2D eigenvalue weighted by Gasteiger charge is 2.14. The summed E-state index contributed by atoms with van der Waals surface area (Å²) >= 11 is 7.21. The van der Waals surface area contributed by atoms with Gasteiger partial charge in [0.15, 0.2) is 5.82 Å². The molecule has 0 saturated carbocycles. The lowest BCUT2D eigenvalue weighted by Crippen LogP contribution is -2.29. The molecule has 0 unspecified atom stereocenters. The van der Waals surface area contributed by atoms with Crippen LogP contribution in [0.5, 0.6) is 5.75 Å². The molecular formula is C19H20ClN5O2S. The van der Waals surface area contributed by atoms with Gasteiger partial charge in [0.1, 0.15) is 12.4 Å². The number of nitrogens with one attached hydrogen (secondary N) is 1. The summed E-state index contributed by atoms with van der Waals surface area (Å²) in [6, 6.07) is 14.9. The lowest BCUT2D eigenvalue weighted by Gasteiger charge is -2.08. The molecule has 3 aromatic rings. The van der Waals surface area contributed by atoms with Crippen molar-refractivity contribution in [3.63, 3.8) is 0 Å². The monoisotopic (exact) mass is 417 g/mol. The van der Waals surface area contributed by atoms with Crippen molar-refractivity contribution in [2.24, 2.45) is 0 Å². The maximum atomic E-state index is 12.0. The van der Waals surface area contributed by atoms with E-state index in [1.807, 2.05) is 43.3 Å². The van der Waals surface area contributed by atoms with Gasteiger partial charge in [-0.25, -0.2) is 4.68 Å². The quantitative estimate of drug-likeness (QED) is 0.332. The number of ether oxygens (including phenoxy) is 1. The second-order valence-electron chi connectivity index (χ2n) is 5.99. The van der Waals surface area contributed by atoms with E-state index in [0.29, 0.717) is 29.2 Å². The Labute approximate surface area is 172 Å². The molecule has 0 spiro atoms. The first-order valence-electron chi connectivity index (χ1n) is 8.58. The number of nitrogen functional groups attached to an aromatic ring is 1. The number of aryl methyl sites for hydroxylation is 1. The molecule has 0 aliphatic carbocycles. The molecule has 0 bridgehead atoms. The normalized spacial score (nSPS) is 10.6. The second-order valence-corrected chi connectivity index (χ2v) is 7.37. The highest BCUT2D eigenvalue weighted by Crippen LogP contribution is 2.23. The molecule has 1 heterocycles. The summed E-state index contributed by atoms with van der Waals surface area (Å²) in [6.45, 7) is 2.81. The zero-order chi connectivity index (χ0) is 19.9. The second kappa shape index (κ2) is 9.48. The Bertz CT molecular complexity index is 963. The van der Waals surface area contributed by atoms with Gasteiger partial charge in [0, 0.05) is 10.6 Å². The third kappa shape index (κ3) is 5.40. The van der Waals surface area contributed by atoms with Crippen molar-refractivity contribution >= 4 is 29.3 Å². The highest BCUT2D eigenvalue weighted by atomic mass is 35.5. The Morgan fingerprint density at radius 2 is 2.07 bits per heavy atom. The maximum Gasteiger partial charge on any atom is 0.230 e. The first-order chi connectivity index (χ1) is 13.5. The number of nitrogens with two attached hydrogens (primary N) is 1. The summed E-state index contributed by atoms with van der Waals surface area (Å²) in [5.74, 6) is 7.36. The van der Waals surface area contributed by atoms with E-state index in [0.717, 1.165) is 16.9 Å². The summed E-state index contributed by atoms with van der Waals surface area (Å²) in [4.78, 5) is 12.0. The number of rotatable bonds is 8. The van der Waals surface area contributed by atoms with E-state index in [4.69, 9.17) is 22.2 Å². The summed E-state index contributed by atoms with van der Waals surface area (Å²) in [6.07, 6.45) is 0. The molecule has 28 heavy (non-hydrogen) atoms. The minimum atomic E-state index is -0.134. The van der Waals surface area contributed by atoms with Gasteiger partial charge in [-0.05, 0) is 36.8 Å². The standard InChI is InChI=1S/C19H20ClN5O2S/c1-13-4-2-7-16(10-13)27-9-8-22-17(26)12-28-19-24-23-18(25(19)21)14-5-3-6-15(20)11-14/h2-7,10-11H,8-9,12,21H2,1H3,(H,22,26). The van der Waals surface area contributed by atoms with Gasteiger partial charge in [0.25, 0.3) is 0 Å². The van der Waals surface area contributed by atoms with Gasteiger partial charge < -0.3 is 15.9 Å². The zero-order valence-electron chi connectivity index (χ0n) is 15.3. The van der Waals surface area contributed by atoms with Crippen molar-refractivity contribution in [3.8, 4) is 17.1 Å². The summed E-state index contributed by atoms with van der Waals surface area (Å²) in [5.41, 5.74) is 1.88. The van der Waals surface area contributed by atoms with Gasteiger partial charge in [-0.15, -0.1) is 10.2 Å². The number of aromatic nitrogens is 3. The number of benzene rings is 2. The van der Waals surface area contributed by atoms with E-state index in [-0.39, 0.29) is 11.7 Å².